The average molecular weight is 365 g/mol. The van der Waals surface area contributed by atoms with E-state index in [2.05, 4.69) is 20.3 Å². The lowest BCUT2D eigenvalue weighted by atomic mass is 10.1. The van der Waals surface area contributed by atoms with Crippen molar-refractivity contribution < 1.29 is 9.90 Å². The number of aromatic amines is 1. The van der Waals surface area contributed by atoms with Crippen molar-refractivity contribution in [3.05, 3.63) is 71.5 Å². The van der Waals surface area contributed by atoms with Crippen LogP contribution in [0.1, 0.15) is 10.4 Å². The first kappa shape index (κ1) is 16.1. The second-order valence-electron chi connectivity index (χ2n) is 5.69. The lowest BCUT2D eigenvalue weighted by molar-refractivity contribution is 0.0697. The van der Waals surface area contributed by atoms with Crippen LogP contribution in [0.2, 0.25) is 5.02 Å². The molecule has 0 bridgehead atoms. The number of hydrogen-bond acceptors (Lipinski definition) is 4. The summed E-state index contributed by atoms with van der Waals surface area (Å²) >= 11 is 6.03. The Morgan fingerprint density at radius 1 is 1.08 bits per heavy atom. The summed E-state index contributed by atoms with van der Waals surface area (Å²) in [5, 5.41) is 13.7. The van der Waals surface area contributed by atoms with Crippen LogP contribution in [0, 0.1) is 0 Å². The summed E-state index contributed by atoms with van der Waals surface area (Å²) in [6, 6.07) is 16.0. The fourth-order valence-corrected chi connectivity index (χ4v) is 2.88. The van der Waals surface area contributed by atoms with Gasteiger partial charge in [0, 0.05) is 16.4 Å². The maximum atomic E-state index is 11.0. The van der Waals surface area contributed by atoms with E-state index >= 15 is 0 Å². The van der Waals surface area contributed by atoms with Gasteiger partial charge in [-0.15, -0.1) is 0 Å². The highest BCUT2D eigenvalue weighted by molar-refractivity contribution is 6.30. The highest BCUT2D eigenvalue weighted by Crippen LogP contribution is 2.29. The number of nitrogens with zero attached hydrogens (tertiary/aromatic N) is 2. The van der Waals surface area contributed by atoms with Crippen LogP contribution in [0.3, 0.4) is 0 Å². The van der Waals surface area contributed by atoms with Crippen molar-refractivity contribution in [3.8, 4) is 11.3 Å². The molecule has 0 atom stereocenters. The molecule has 6 nitrogen and oxygen atoms in total. The summed E-state index contributed by atoms with van der Waals surface area (Å²) < 4.78 is 0. The molecule has 4 rings (SSSR count). The minimum Gasteiger partial charge on any atom is -0.478 e. The summed E-state index contributed by atoms with van der Waals surface area (Å²) in [7, 11) is 0. The van der Waals surface area contributed by atoms with Crippen LogP contribution in [0.4, 0.5) is 11.5 Å². The van der Waals surface area contributed by atoms with Crippen molar-refractivity contribution in [2.45, 2.75) is 0 Å². The molecule has 3 N–H and O–H groups in total. The number of anilines is 2. The van der Waals surface area contributed by atoms with Crippen LogP contribution in [-0.2, 0) is 0 Å². The molecule has 0 unspecified atom stereocenters. The van der Waals surface area contributed by atoms with Crippen molar-refractivity contribution in [2.24, 2.45) is 0 Å². The van der Waals surface area contributed by atoms with Crippen molar-refractivity contribution in [1.82, 2.24) is 15.0 Å². The molecular weight excluding hydrogens is 352 g/mol. The number of carbonyl (C=O) groups is 1. The summed E-state index contributed by atoms with van der Waals surface area (Å²) in [5.41, 5.74) is 3.44. The Morgan fingerprint density at radius 3 is 2.62 bits per heavy atom. The van der Waals surface area contributed by atoms with E-state index < -0.39 is 5.97 Å². The largest absolute Gasteiger partial charge is 0.478 e. The lowest BCUT2D eigenvalue weighted by Gasteiger charge is -2.06. The molecule has 2 aromatic carbocycles. The van der Waals surface area contributed by atoms with Gasteiger partial charge in [-0.3, -0.25) is 0 Å². The third kappa shape index (κ3) is 3.10. The van der Waals surface area contributed by atoms with Gasteiger partial charge < -0.3 is 15.4 Å². The van der Waals surface area contributed by atoms with Gasteiger partial charge in [0.15, 0.2) is 0 Å². The van der Waals surface area contributed by atoms with Crippen LogP contribution < -0.4 is 5.32 Å². The van der Waals surface area contributed by atoms with Gasteiger partial charge in [-0.05, 0) is 42.0 Å². The predicted octanol–water partition coefficient (Wildman–Crippen LogP) is 4.72. The summed E-state index contributed by atoms with van der Waals surface area (Å²) in [6.45, 7) is 0. The van der Waals surface area contributed by atoms with Gasteiger partial charge in [0.25, 0.3) is 0 Å². The number of hydrogen-bond donors (Lipinski definition) is 3. The van der Waals surface area contributed by atoms with E-state index in [1.165, 1.54) is 6.33 Å². The van der Waals surface area contributed by atoms with Crippen LogP contribution in [0.5, 0.6) is 0 Å². The van der Waals surface area contributed by atoms with E-state index in [1.807, 2.05) is 24.3 Å². The van der Waals surface area contributed by atoms with E-state index in [1.54, 1.807) is 30.3 Å². The molecule has 0 aliphatic carbocycles. The Kier molecular flexibility index (Phi) is 4.02. The molecule has 128 valence electrons. The average Bonchev–Trinajstić information content (AvgIpc) is 3.07. The normalized spacial score (nSPS) is 10.8. The molecule has 0 amide bonds. The minimum atomic E-state index is -0.952. The van der Waals surface area contributed by atoms with Crippen LogP contribution in [0.15, 0.2) is 60.9 Å². The second kappa shape index (κ2) is 6.50. The second-order valence-corrected chi connectivity index (χ2v) is 6.12. The van der Waals surface area contributed by atoms with Crippen molar-refractivity contribution in [3.63, 3.8) is 0 Å². The van der Waals surface area contributed by atoms with Gasteiger partial charge in [0.2, 0.25) is 0 Å². The van der Waals surface area contributed by atoms with E-state index in [-0.39, 0.29) is 5.56 Å². The van der Waals surface area contributed by atoms with Gasteiger partial charge in [0.05, 0.1) is 10.9 Å². The third-order valence-corrected chi connectivity index (χ3v) is 4.19. The first-order valence-corrected chi connectivity index (χ1v) is 8.18. The molecule has 0 aliphatic rings. The topological polar surface area (TPSA) is 90.9 Å². The number of H-pyrrole nitrogens is 1. The van der Waals surface area contributed by atoms with Crippen molar-refractivity contribution >= 4 is 40.1 Å². The standard InChI is InChI=1S/C19H13ClN4O2/c20-13-2-1-3-14(8-13)23-17-15-9-16(24-18(15)22-10-21-17)11-4-6-12(7-5-11)19(25)26/h1-10H,(H,25,26)(H2,21,22,23,24). The van der Waals surface area contributed by atoms with Crippen LogP contribution in [-0.4, -0.2) is 26.0 Å². The Bertz CT molecular complexity index is 1110. The van der Waals surface area contributed by atoms with Gasteiger partial charge in [0.1, 0.15) is 17.8 Å². The van der Waals surface area contributed by atoms with Gasteiger partial charge in [-0.1, -0.05) is 29.8 Å². The molecule has 0 radical (unpaired) electrons. The van der Waals surface area contributed by atoms with E-state index in [0.29, 0.717) is 16.5 Å². The fourth-order valence-electron chi connectivity index (χ4n) is 2.69. The van der Waals surface area contributed by atoms with Gasteiger partial charge >= 0.3 is 5.97 Å². The zero-order chi connectivity index (χ0) is 18.1. The molecule has 2 aromatic heterocycles. The predicted molar refractivity (Wildman–Crippen MR) is 101 cm³/mol. The molecule has 0 saturated carbocycles. The zero-order valence-corrected chi connectivity index (χ0v) is 14.2. The zero-order valence-electron chi connectivity index (χ0n) is 13.4. The quantitative estimate of drug-likeness (QED) is 0.487. The van der Waals surface area contributed by atoms with Crippen LogP contribution >= 0.6 is 11.6 Å². The SMILES string of the molecule is O=C(O)c1ccc(-c2cc3c(Nc4cccc(Cl)c4)ncnc3[nH]2)cc1. The molecule has 0 fully saturated rings. The van der Waals surface area contributed by atoms with Crippen LogP contribution in [0.25, 0.3) is 22.3 Å². The highest BCUT2D eigenvalue weighted by Gasteiger charge is 2.11. The molecule has 0 aliphatic heterocycles. The van der Waals surface area contributed by atoms with Gasteiger partial charge in [-0.2, -0.15) is 0 Å². The van der Waals surface area contributed by atoms with Crippen molar-refractivity contribution in [2.75, 3.05) is 5.32 Å². The Labute approximate surface area is 153 Å². The smallest absolute Gasteiger partial charge is 0.335 e. The number of benzene rings is 2. The number of nitrogens with one attached hydrogen (secondary N) is 2. The van der Waals surface area contributed by atoms with E-state index in [9.17, 15) is 4.79 Å². The maximum absolute atomic E-state index is 11.0. The fraction of sp³-hybridized carbons (Fsp3) is 0. The number of carboxylic acid groups (broad SMARTS) is 1. The molecule has 26 heavy (non-hydrogen) atoms. The minimum absolute atomic E-state index is 0.243. The third-order valence-electron chi connectivity index (χ3n) is 3.96. The number of halogens is 1. The molecule has 7 heteroatoms. The molecule has 4 aromatic rings. The first-order chi connectivity index (χ1) is 12.6. The molecule has 0 saturated heterocycles. The molecular formula is C19H13ClN4O2. The monoisotopic (exact) mass is 364 g/mol. The van der Waals surface area contributed by atoms with E-state index in [4.69, 9.17) is 16.7 Å². The molecule has 2 heterocycles. The number of carboxylic acids is 1. The summed E-state index contributed by atoms with van der Waals surface area (Å²) in [6.07, 6.45) is 1.48. The summed E-state index contributed by atoms with van der Waals surface area (Å²) in [5.74, 6) is -0.297. The van der Waals surface area contributed by atoms with Crippen molar-refractivity contribution in [1.29, 1.82) is 0 Å². The first-order valence-electron chi connectivity index (χ1n) is 7.80. The number of rotatable bonds is 4. The Balaban J connectivity index is 1.72. The number of aromatic nitrogens is 3. The highest BCUT2D eigenvalue weighted by atomic mass is 35.5. The maximum Gasteiger partial charge on any atom is 0.335 e. The summed E-state index contributed by atoms with van der Waals surface area (Å²) in [4.78, 5) is 22.8. The van der Waals surface area contributed by atoms with E-state index in [0.717, 1.165) is 22.3 Å². The number of aromatic carboxylic acids is 1. The molecule has 0 spiro atoms. The Hall–Kier alpha value is -3.38. The Morgan fingerprint density at radius 2 is 1.88 bits per heavy atom. The number of fused-ring (bicyclic) bond motifs is 1. The van der Waals surface area contributed by atoms with Gasteiger partial charge in [-0.25, -0.2) is 14.8 Å². The lowest BCUT2D eigenvalue weighted by Crippen LogP contribution is -1.94.